The van der Waals surface area contributed by atoms with E-state index < -0.39 is 64.3 Å². The number of methoxy groups -OCH3 is 1. The molecule has 1 saturated heterocycles. The fourth-order valence-electron chi connectivity index (χ4n) is 10.4. The van der Waals surface area contributed by atoms with Crippen molar-refractivity contribution in [3.63, 3.8) is 0 Å². The van der Waals surface area contributed by atoms with E-state index in [0.717, 1.165) is 11.9 Å². The molecule has 1 fully saturated rings. The lowest BCUT2D eigenvalue weighted by molar-refractivity contribution is -0.140. The normalized spacial score (nSPS) is 14.6. The molecule has 0 saturated carbocycles. The van der Waals surface area contributed by atoms with Crippen molar-refractivity contribution in [2.24, 2.45) is 0 Å². The largest absolute Gasteiger partial charge is 0.494 e. The lowest BCUT2D eigenvalue weighted by Gasteiger charge is -2.33. The smallest absolute Gasteiger partial charge is 0.323 e. The number of anilines is 1. The molecule has 1 aliphatic heterocycles. The molecular formula is C63H99N15O18S. The summed E-state index contributed by atoms with van der Waals surface area (Å²) in [6, 6.07) is 5.28. The molecule has 0 aliphatic carbocycles. The summed E-state index contributed by atoms with van der Waals surface area (Å²) in [4.78, 5) is 115. The number of carbonyl (C=O) groups is 8. The molecule has 5 rings (SSSR count). The Labute approximate surface area is 565 Å². The van der Waals surface area contributed by atoms with E-state index in [4.69, 9.17) is 23.7 Å². The Bertz CT molecular complexity index is 3190. The number of aryl methyl sites for hydroxylation is 3. The van der Waals surface area contributed by atoms with Crippen LogP contribution in [0.2, 0.25) is 0 Å². The molecule has 5 amide bonds. The lowest BCUT2D eigenvalue weighted by atomic mass is 10.1. The van der Waals surface area contributed by atoms with Crippen LogP contribution in [0.5, 0.6) is 5.75 Å². The van der Waals surface area contributed by atoms with Crippen LogP contribution in [0.25, 0.3) is 10.9 Å². The fraction of sp³-hybridized carbons (Fsp3) is 0.619. The fourth-order valence-corrected chi connectivity index (χ4v) is 12.1. The summed E-state index contributed by atoms with van der Waals surface area (Å²) in [6.45, 7) is 12.8. The number of aromatic amines is 1. The molecule has 2 aromatic carbocycles. The van der Waals surface area contributed by atoms with Crippen LogP contribution in [-0.2, 0) is 69.1 Å². The summed E-state index contributed by atoms with van der Waals surface area (Å²) in [5.74, 6) is -4.42. The van der Waals surface area contributed by atoms with E-state index in [9.17, 15) is 62.1 Å². The Morgan fingerprint density at radius 1 is 0.639 bits per heavy atom. The molecule has 0 spiro atoms. The molecule has 34 heteroatoms. The molecule has 97 heavy (non-hydrogen) atoms. The van der Waals surface area contributed by atoms with Gasteiger partial charge in [0, 0.05) is 148 Å². The monoisotopic (exact) mass is 1390 g/mol. The van der Waals surface area contributed by atoms with Crippen molar-refractivity contribution in [3.05, 3.63) is 65.6 Å². The van der Waals surface area contributed by atoms with Crippen LogP contribution in [0.15, 0.2) is 53.8 Å². The highest BCUT2D eigenvalue weighted by molar-refractivity contribution is 7.89. The summed E-state index contributed by atoms with van der Waals surface area (Å²) < 4.78 is 59.0. The van der Waals surface area contributed by atoms with Gasteiger partial charge in [0.05, 0.1) is 75.9 Å². The molecule has 0 unspecified atom stereocenters. The van der Waals surface area contributed by atoms with Crippen molar-refractivity contribution >= 4 is 74.3 Å². The van der Waals surface area contributed by atoms with Crippen LogP contribution < -0.4 is 41.4 Å². The predicted molar refractivity (Wildman–Crippen MR) is 357 cm³/mol. The Balaban J connectivity index is 0.911. The first-order valence-electron chi connectivity index (χ1n) is 32.8. The van der Waals surface area contributed by atoms with Gasteiger partial charge in [0.15, 0.2) is 5.95 Å². The number of nitrogens with zero attached hydrogens (tertiary/aromatic N) is 7. The number of likely N-dealkylation sites (N-methyl/N-ethyl adjacent to an activating group) is 1. The average molecular weight is 1390 g/mol. The van der Waals surface area contributed by atoms with Gasteiger partial charge in [0.2, 0.25) is 33.7 Å². The zero-order valence-electron chi connectivity index (χ0n) is 56.1. The first-order chi connectivity index (χ1) is 46.6. The average Bonchev–Trinajstić information content (AvgIpc) is 1.19. The number of rotatable bonds is 46. The Kier molecular flexibility index (Phi) is 36.2. The van der Waals surface area contributed by atoms with Crippen LogP contribution in [0, 0.1) is 13.8 Å². The first-order valence-corrected chi connectivity index (χ1v) is 34.2. The molecule has 11 N–H and O–H groups in total. The standard InChI is InChI=1S/C63H99N15O18S/c1-5-74-22-24-75(26-27-77(45-58(84)85)29-28-76(25-23-74)44-57(82)83)43-56(81)72-51(12-14-55(80)65-20-33-92-4)61(87)66-17-9-31-94-35-37-95-36-34-93-30-8-16-64-54(79)10-6-32-96-50-38-46(2)59(47(3)39-50)97(90,91)73-52(62(88)89)42-70-60(86)48-11-13-53-49(40-48)41-71-78(53)21-7-15-67-63-68-18-19-69-63/h11,13,18-19,38-41,51-52,73H,5-10,12,14-17,20-37,42-45H2,1-4H3,(H,64,79)(H,65,80)(H,66,87)(H,70,86)(H,72,81)(H,82,83)(H,84,85)(H,88,89)(H2,67,68,69)/t51-,52+/m1/s1. The molecule has 0 radical (unpaired) electrons. The van der Waals surface area contributed by atoms with Crippen LogP contribution in [0.1, 0.15) is 73.4 Å². The molecule has 33 nitrogen and oxygen atoms in total. The van der Waals surface area contributed by atoms with Crippen molar-refractivity contribution in [1.82, 2.24) is 70.7 Å². The Hall–Kier alpha value is -7.93. The Morgan fingerprint density at radius 2 is 1.23 bits per heavy atom. The number of aliphatic carboxylic acids is 3. The van der Waals surface area contributed by atoms with Crippen molar-refractivity contribution in [1.29, 1.82) is 0 Å². The summed E-state index contributed by atoms with van der Waals surface area (Å²) in [5.41, 5.74) is 1.65. The van der Waals surface area contributed by atoms with Gasteiger partial charge in [0.1, 0.15) is 17.8 Å². The second-order valence-corrected chi connectivity index (χ2v) is 24.8. The zero-order chi connectivity index (χ0) is 70.4. The minimum absolute atomic E-state index is 0.0334. The maximum Gasteiger partial charge on any atom is 0.323 e. The van der Waals surface area contributed by atoms with Gasteiger partial charge in [-0.1, -0.05) is 6.92 Å². The second-order valence-electron chi connectivity index (χ2n) is 23.2. The van der Waals surface area contributed by atoms with Gasteiger partial charge < -0.3 is 80.8 Å². The third-order valence-electron chi connectivity index (χ3n) is 15.5. The minimum Gasteiger partial charge on any atom is -0.494 e. The van der Waals surface area contributed by atoms with Crippen molar-refractivity contribution in [3.8, 4) is 5.75 Å². The van der Waals surface area contributed by atoms with Crippen LogP contribution >= 0.6 is 0 Å². The topological polar surface area (TPSA) is 421 Å². The van der Waals surface area contributed by atoms with Crippen molar-refractivity contribution < 1.29 is 85.8 Å². The lowest BCUT2D eigenvalue weighted by Crippen LogP contribution is -2.52. The summed E-state index contributed by atoms with van der Waals surface area (Å²) in [5, 5.41) is 51.1. The van der Waals surface area contributed by atoms with Gasteiger partial charge in [-0.3, -0.25) is 57.7 Å². The van der Waals surface area contributed by atoms with Crippen LogP contribution in [0.3, 0.4) is 0 Å². The van der Waals surface area contributed by atoms with E-state index in [-0.39, 0.29) is 80.9 Å². The minimum atomic E-state index is -4.40. The molecule has 2 atom stereocenters. The zero-order valence-corrected chi connectivity index (χ0v) is 56.9. The van der Waals surface area contributed by atoms with E-state index in [2.05, 4.69) is 56.6 Å². The van der Waals surface area contributed by atoms with E-state index in [0.29, 0.717) is 172 Å². The number of ether oxygens (including phenoxy) is 5. The van der Waals surface area contributed by atoms with Crippen molar-refractivity contribution in [2.45, 2.75) is 89.2 Å². The number of carbonyl (C=O) groups excluding carboxylic acids is 5. The van der Waals surface area contributed by atoms with E-state index in [1.165, 1.54) is 19.2 Å². The molecule has 4 aromatic rings. The third kappa shape index (κ3) is 31.0. The quantitative estimate of drug-likeness (QED) is 0.0253. The van der Waals surface area contributed by atoms with Gasteiger partial charge in [-0.05, 0) is 94.0 Å². The number of carboxylic acids is 3. The van der Waals surface area contributed by atoms with Gasteiger partial charge in [0.25, 0.3) is 5.91 Å². The highest BCUT2D eigenvalue weighted by Crippen LogP contribution is 2.26. The van der Waals surface area contributed by atoms with E-state index in [1.807, 2.05) is 16.5 Å². The Morgan fingerprint density at radius 3 is 1.81 bits per heavy atom. The summed E-state index contributed by atoms with van der Waals surface area (Å²) >= 11 is 0. The number of sulfonamides is 1. The summed E-state index contributed by atoms with van der Waals surface area (Å²) in [6.07, 6.45) is 7.34. The maximum atomic E-state index is 13.6. The molecule has 540 valence electrons. The first kappa shape index (κ1) is 79.8. The van der Waals surface area contributed by atoms with E-state index in [1.54, 1.807) is 60.4 Å². The third-order valence-corrected chi connectivity index (χ3v) is 17.3. The van der Waals surface area contributed by atoms with Gasteiger partial charge in [-0.15, -0.1) is 0 Å². The van der Waals surface area contributed by atoms with E-state index >= 15 is 0 Å². The van der Waals surface area contributed by atoms with Crippen LogP contribution in [0.4, 0.5) is 5.95 Å². The number of aromatic nitrogens is 4. The maximum absolute atomic E-state index is 13.6. The number of imidazole rings is 1. The number of hydrogen-bond acceptors (Lipinski definition) is 22. The number of H-pyrrole nitrogens is 1. The second kappa shape index (κ2) is 44.1. The SMILES string of the molecule is CCN1CCN(CC(=O)O)CCN(CC(=O)O)CCN(CC(=O)N[C@H](CCC(=O)NCCOC)C(=O)NCCCOCCOCCOCCCNC(=O)CCCOc2cc(C)c(S(=O)(=O)N[C@@H](CNC(=O)c3ccc4c(cnn4CCCNc4ncc[nH]4)c3)C(=O)O)c(C)c2)CC1. The molecular weight excluding hydrogens is 1290 g/mol. The highest BCUT2D eigenvalue weighted by Gasteiger charge is 2.30. The molecule has 2 aromatic heterocycles. The number of nitrogens with one attached hydrogen (secondary N) is 8. The van der Waals surface area contributed by atoms with Crippen molar-refractivity contribution in [2.75, 3.05) is 177 Å². The van der Waals surface area contributed by atoms with Gasteiger partial charge in [-0.25, -0.2) is 13.4 Å². The van der Waals surface area contributed by atoms with Crippen LogP contribution in [-0.4, -0.2) is 294 Å². The number of fused-ring (bicyclic) bond motifs is 1. The van der Waals surface area contributed by atoms with Gasteiger partial charge in [-0.2, -0.15) is 9.82 Å². The summed E-state index contributed by atoms with van der Waals surface area (Å²) in [7, 11) is -2.89. The van der Waals surface area contributed by atoms with Gasteiger partial charge >= 0.3 is 17.9 Å². The molecule has 3 heterocycles. The molecule has 0 bridgehead atoms. The molecule has 1 aliphatic rings. The predicted octanol–water partition coefficient (Wildman–Crippen LogP) is -0.300. The number of amides is 5. The highest BCUT2D eigenvalue weighted by atomic mass is 32.2. The number of benzene rings is 2. The number of carboxylic acid groups (broad SMARTS) is 3. The number of hydrogen-bond donors (Lipinski definition) is 11.